The lowest BCUT2D eigenvalue weighted by Crippen LogP contribution is -2.54. The molecule has 0 aromatic heterocycles. The summed E-state index contributed by atoms with van der Waals surface area (Å²) in [4.78, 5) is 16.4. The van der Waals surface area contributed by atoms with Crippen LogP contribution in [0.4, 0.5) is 0 Å². The van der Waals surface area contributed by atoms with E-state index in [2.05, 4.69) is 46.6 Å². The first-order valence-corrected chi connectivity index (χ1v) is 8.02. The molecule has 0 aliphatic carbocycles. The number of ether oxygens (including phenoxy) is 1. The molecule has 21 heavy (non-hydrogen) atoms. The number of rotatable bonds is 3. The summed E-state index contributed by atoms with van der Waals surface area (Å²) in [7, 11) is 3.59. The molecule has 0 spiro atoms. The third-order valence-corrected chi connectivity index (χ3v) is 5.04. The molecular formula is C16H23BrN2O2. The molecule has 0 amide bonds. The van der Waals surface area contributed by atoms with Crippen LogP contribution in [0, 0.1) is 0 Å². The minimum absolute atomic E-state index is 0.302. The van der Waals surface area contributed by atoms with Crippen molar-refractivity contribution in [3.8, 4) is 0 Å². The summed E-state index contributed by atoms with van der Waals surface area (Å²) in [5.74, 6) is -0.302. The van der Waals surface area contributed by atoms with Crippen molar-refractivity contribution >= 4 is 21.9 Å². The number of esters is 1. The number of hydrogen-bond donors (Lipinski definition) is 0. The number of nitrogens with zero attached hydrogens (tertiary/aromatic N) is 2. The summed E-state index contributed by atoms with van der Waals surface area (Å²) < 4.78 is 5.71. The maximum atomic E-state index is 11.5. The Balaban J connectivity index is 2.08. The van der Waals surface area contributed by atoms with Crippen molar-refractivity contribution in [2.24, 2.45) is 0 Å². The molecule has 1 aromatic carbocycles. The van der Waals surface area contributed by atoms with Crippen LogP contribution >= 0.6 is 15.9 Å². The van der Waals surface area contributed by atoms with Crippen molar-refractivity contribution in [3.63, 3.8) is 0 Å². The molecule has 0 bridgehead atoms. The minimum atomic E-state index is -0.302. The van der Waals surface area contributed by atoms with Gasteiger partial charge in [-0.2, -0.15) is 0 Å². The number of carbonyl (C=O) groups is 1. The van der Waals surface area contributed by atoms with Crippen molar-refractivity contribution in [1.82, 2.24) is 9.80 Å². The zero-order valence-corrected chi connectivity index (χ0v) is 14.7. The Hall–Kier alpha value is -0.910. The first-order valence-electron chi connectivity index (χ1n) is 7.23. The maximum absolute atomic E-state index is 11.5. The molecule has 0 radical (unpaired) electrons. The van der Waals surface area contributed by atoms with E-state index >= 15 is 0 Å². The van der Waals surface area contributed by atoms with Gasteiger partial charge in [0.2, 0.25) is 0 Å². The predicted molar refractivity (Wildman–Crippen MR) is 87.4 cm³/mol. The smallest absolute Gasteiger partial charge is 0.337 e. The highest BCUT2D eigenvalue weighted by molar-refractivity contribution is 9.10. The Morgan fingerprint density at radius 3 is 2.48 bits per heavy atom. The number of carbonyl (C=O) groups excluding carboxylic acids is 1. The van der Waals surface area contributed by atoms with Gasteiger partial charge in [-0.25, -0.2) is 4.79 Å². The number of halogens is 1. The average molecular weight is 355 g/mol. The summed E-state index contributed by atoms with van der Waals surface area (Å²) in [5.41, 5.74) is 1.78. The Bertz CT molecular complexity index is 509. The zero-order chi connectivity index (χ0) is 15.6. The van der Waals surface area contributed by atoms with Crippen LogP contribution in [-0.4, -0.2) is 55.1 Å². The van der Waals surface area contributed by atoms with E-state index in [-0.39, 0.29) is 5.97 Å². The Labute approximate surface area is 135 Å². The van der Waals surface area contributed by atoms with Crippen LogP contribution < -0.4 is 0 Å². The zero-order valence-electron chi connectivity index (χ0n) is 13.1. The largest absolute Gasteiger partial charge is 0.465 e. The van der Waals surface area contributed by atoms with Crippen molar-refractivity contribution in [3.05, 3.63) is 33.8 Å². The first-order chi connectivity index (χ1) is 9.92. The fourth-order valence-electron chi connectivity index (χ4n) is 2.80. The van der Waals surface area contributed by atoms with Crippen LogP contribution in [0.2, 0.25) is 0 Å². The SMILES string of the molecule is COC(=O)c1ccc(CN2CC(C)N(C)C(C)C2)c(Br)c1. The lowest BCUT2D eigenvalue weighted by Gasteiger charge is -2.42. The van der Waals surface area contributed by atoms with Crippen LogP contribution in [0.1, 0.15) is 29.8 Å². The predicted octanol–water partition coefficient (Wildman–Crippen LogP) is 2.76. The van der Waals surface area contributed by atoms with E-state index in [1.165, 1.54) is 12.7 Å². The van der Waals surface area contributed by atoms with Gasteiger partial charge in [-0.15, -0.1) is 0 Å². The second-order valence-electron chi connectivity index (χ2n) is 5.86. The third kappa shape index (κ3) is 3.84. The monoisotopic (exact) mass is 354 g/mol. The summed E-state index contributed by atoms with van der Waals surface area (Å²) in [6.45, 7) is 7.54. The van der Waals surface area contributed by atoms with Crippen molar-refractivity contribution in [2.45, 2.75) is 32.5 Å². The molecule has 2 rings (SSSR count). The number of benzene rings is 1. The second kappa shape index (κ2) is 6.90. The standard InChI is InChI=1S/C16H23BrN2O2/c1-11-8-19(9-12(2)18(11)3)10-14-6-5-13(7-15(14)17)16(20)21-4/h5-7,11-12H,8-10H2,1-4H3. The van der Waals surface area contributed by atoms with E-state index < -0.39 is 0 Å². The van der Waals surface area contributed by atoms with E-state index in [0.717, 1.165) is 24.1 Å². The fraction of sp³-hybridized carbons (Fsp3) is 0.562. The first kappa shape index (κ1) is 16.5. The Morgan fingerprint density at radius 1 is 1.33 bits per heavy atom. The van der Waals surface area contributed by atoms with Gasteiger partial charge in [0.25, 0.3) is 0 Å². The molecule has 5 heteroatoms. The van der Waals surface area contributed by atoms with Crippen molar-refractivity contribution in [2.75, 3.05) is 27.2 Å². The van der Waals surface area contributed by atoms with E-state index in [0.29, 0.717) is 17.6 Å². The highest BCUT2D eigenvalue weighted by Crippen LogP contribution is 2.23. The van der Waals surface area contributed by atoms with Gasteiger partial charge < -0.3 is 4.74 Å². The van der Waals surface area contributed by atoms with E-state index in [1.807, 2.05) is 18.2 Å². The highest BCUT2D eigenvalue weighted by atomic mass is 79.9. The average Bonchev–Trinajstić information content (AvgIpc) is 2.46. The van der Waals surface area contributed by atoms with Gasteiger partial charge in [-0.3, -0.25) is 9.80 Å². The van der Waals surface area contributed by atoms with Crippen LogP contribution in [0.5, 0.6) is 0 Å². The molecule has 1 aliphatic heterocycles. The van der Waals surface area contributed by atoms with E-state index in [9.17, 15) is 4.79 Å². The summed E-state index contributed by atoms with van der Waals surface area (Å²) in [6, 6.07) is 6.78. The lowest BCUT2D eigenvalue weighted by molar-refractivity contribution is 0.0555. The van der Waals surface area contributed by atoms with Gasteiger partial charge in [0.05, 0.1) is 12.7 Å². The molecule has 1 aliphatic rings. The Kier molecular flexibility index (Phi) is 5.41. The van der Waals surface area contributed by atoms with Gasteiger partial charge >= 0.3 is 5.97 Å². The molecule has 2 atom stereocenters. The molecule has 0 saturated carbocycles. The van der Waals surface area contributed by atoms with Crippen LogP contribution in [0.15, 0.2) is 22.7 Å². The highest BCUT2D eigenvalue weighted by Gasteiger charge is 2.26. The number of likely N-dealkylation sites (N-methyl/N-ethyl adjacent to an activating group) is 1. The van der Waals surface area contributed by atoms with Crippen molar-refractivity contribution in [1.29, 1.82) is 0 Å². The van der Waals surface area contributed by atoms with Crippen LogP contribution in [0.3, 0.4) is 0 Å². The van der Waals surface area contributed by atoms with E-state index in [4.69, 9.17) is 4.74 Å². The summed E-state index contributed by atoms with van der Waals surface area (Å²) in [5, 5.41) is 0. The van der Waals surface area contributed by atoms with E-state index in [1.54, 1.807) is 0 Å². The molecule has 1 saturated heterocycles. The topological polar surface area (TPSA) is 32.8 Å². The van der Waals surface area contributed by atoms with Gasteiger partial charge in [0.15, 0.2) is 0 Å². The van der Waals surface area contributed by atoms with Gasteiger partial charge in [0.1, 0.15) is 0 Å². The Morgan fingerprint density at radius 2 is 1.95 bits per heavy atom. The fourth-order valence-corrected chi connectivity index (χ4v) is 3.31. The maximum Gasteiger partial charge on any atom is 0.337 e. The number of hydrogen-bond acceptors (Lipinski definition) is 4. The molecule has 116 valence electrons. The summed E-state index contributed by atoms with van der Waals surface area (Å²) in [6.07, 6.45) is 0. The molecular weight excluding hydrogens is 332 g/mol. The van der Waals surface area contributed by atoms with Gasteiger partial charge in [-0.1, -0.05) is 22.0 Å². The van der Waals surface area contributed by atoms with Crippen LogP contribution in [0.25, 0.3) is 0 Å². The molecule has 4 nitrogen and oxygen atoms in total. The number of methoxy groups -OCH3 is 1. The third-order valence-electron chi connectivity index (χ3n) is 4.30. The molecule has 1 fully saturated rings. The molecule has 0 N–H and O–H groups in total. The quantitative estimate of drug-likeness (QED) is 0.781. The minimum Gasteiger partial charge on any atom is -0.465 e. The molecule has 2 unspecified atom stereocenters. The lowest BCUT2D eigenvalue weighted by atomic mass is 10.1. The van der Waals surface area contributed by atoms with Gasteiger partial charge in [0, 0.05) is 36.2 Å². The van der Waals surface area contributed by atoms with Gasteiger partial charge in [-0.05, 0) is 38.6 Å². The van der Waals surface area contributed by atoms with Crippen molar-refractivity contribution < 1.29 is 9.53 Å². The molecule has 1 heterocycles. The van der Waals surface area contributed by atoms with Crippen LogP contribution in [-0.2, 0) is 11.3 Å². The normalized spacial score (nSPS) is 24.0. The second-order valence-corrected chi connectivity index (χ2v) is 6.71. The molecule has 1 aromatic rings. The summed E-state index contributed by atoms with van der Waals surface area (Å²) >= 11 is 3.57. The number of piperazine rings is 1.